The van der Waals surface area contributed by atoms with Gasteiger partial charge in [-0.25, -0.2) is 0 Å². The summed E-state index contributed by atoms with van der Waals surface area (Å²) in [5.74, 6) is -0.913. The van der Waals surface area contributed by atoms with Gasteiger partial charge in [0.1, 0.15) is 42.7 Å². The van der Waals surface area contributed by atoms with Gasteiger partial charge in [-0.1, -0.05) is 75.4 Å². The Bertz CT molecular complexity index is 1030. The van der Waals surface area contributed by atoms with Gasteiger partial charge < -0.3 is 61.0 Å². The zero-order valence-electron chi connectivity index (χ0n) is 26.2. The summed E-state index contributed by atoms with van der Waals surface area (Å²) in [4.78, 5) is 24.5. The Morgan fingerprint density at radius 2 is 1.48 bits per heavy atom. The third-order valence-corrected chi connectivity index (χ3v) is 7.97. The minimum Gasteiger partial charge on any atom is -0.394 e. The van der Waals surface area contributed by atoms with Gasteiger partial charge in [-0.05, 0) is 24.0 Å². The van der Waals surface area contributed by atoms with Gasteiger partial charge in [0.05, 0.1) is 13.2 Å². The highest BCUT2D eigenvalue weighted by atomic mass is 16.7. The molecule has 0 aliphatic carbocycles. The fourth-order valence-electron chi connectivity index (χ4n) is 5.02. The average Bonchev–Trinajstić information content (AvgIpc) is 3.07. The molecule has 46 heavy (non-hydrogen) atoms. The maximum absolute atomic E-state index is 12.4. The predicted molar refractivity (Wildman–Crippen MR) is 167 cm³/mol. The van der Waals surface area contributed by atoms with Crippen LogP contribution in [-0.4, -0.2) is 128 Å². The number of aliphatic hydroxyl groups excluding tert-OH is 8. The van der Waals surface area contributed by atoms with E-state index in [2.05, 4.69) is 17.2 Å². The zero-order valence-corrected chi connectivity index (χ0v) is 26.2. The molecule has 0 spiro atoms. The van der Waals surface area contributed by atoms with Crippen LogP contribution < -0.4 is 10.6 Å². The second kappa shape index (κ2) is 21.4. The van der Waals surface area contributed by atoms with Crippen LogP contribution in [0.3, 0.4) is 0 Å². The van der Waals surface area contributed by atoms with E-state index in [0.29, 0.717) is 19.4 Å². The fourth-order valence-corrected chi connectivity index (χ4v) is 5.02. The molecule has 9 atom stereocenters. The largest absolute Gasteiger partial charge is 0.394 e. The van der Waals surface area contributed by atoms with E-state index in [4.69, 9.17) is 9.47 Å². The van der Waals surface area contributed by atoms with Gasteiger partial charge in [-0.15, -0.1) is 0 Å². The molecule has 1 aromatic carbocycles. The highest BCUT2D eigenvalue weighted by molar-refractivity contribution is 5.81. The van der Waals surface area contributed by atoms with E-state index in [9.17, 15) is 50.4 Å². The lowest BCUT2D eigenvalue weighted by Gasteiger charge is -2.42. The fraction of sp³-hybridized carbons (Fsp3) is 0.688. The van der Waals surface area contributed by atoms with Crippen LogP contribution in [-0.2, 0) is 25.6 Å². The Morgan fingerprint density at radius 3 is 2.07 bits per heavy atom. The molecule has 14 nitrogen and oxygen atoms in total. The molecule has 1 aliphatic rings. The number of unbranched alkanes of at least 4 members (excludes halogenated alkanes) is 7. The maximum Gasteiger partial charge on any atom is 0.251 e. The molecule has 1 heterocycles. The summed E-state index contributed by atoms with van der Waals surface area (Å²) in [6, 6.07) is 7.85. The van der Waals surface area contributed by atoms with Crippen LogP contribution in [0.25, 0.3) is 6.08 Å². The van der Waals surface area contributed by atoms with E-state index >= 15 is 0 Å². The molecule has 1 saturated heterocycles. The van der Waals surface area contributed by atoms with Crippen LogP contribution in [0.15, 0.2) is 30.8 Å². The lowest BCUT2D eigenvalue weighted by atomic mass is 9.98. The SMILES string of the molecule is C=Cc1ccc(CNC(=O)CCCCCCCCCCNC(=O)[C@H](O)[C@@H](O)[C@H](O[C@H]2O[C@H](CO)[C@@H](O)[C@H](O)[C@H]2O)[C@H](O)CO)cc1. The number of ether oxygens (including phenoxy) is 2. The number of amides is 2. The molecule has 10 N–H and O–H groups in total. The number of hydrogen-bond donors (Lipinski definition) is 10. The van der Waals surface area contributed by atoms with Crippen LogP contribution in [0.5, 0.6) is 0 Å². The Hall–Kier alpha value is -2.50. The number of benzene rings is 1. The smallest absolute Gasteiger partial charge is 0.251 e. The second-order valence-electron chi connectivity index (χ2n) is 11.6. The Kier molecular flexibility index (Phi) is 18.4. The van der Waals surface area contributed by atoms with Crippen molar-refractivity contribution in [1.82, 2.24) is 10.6 Å². The molecule has 2 amide bonds. The highest BCUT2D eigenvalue weighted by Gasteiger charge is 2.47. The molecule has 1 aromatic rings. The monoisotopic (exact) mass is 656 g/mol. The molecule has 0 saturated carbocycles. The van der Waals surface area contributed by atoms with Gasteiger partial charge in [0.25, 0.3) is 5.91 Å². The molecule has 14 heteroatoms. The lowest BCUT2D eigenvalue weighted by Crippen LogP contribution is -2.62. The van der Waals surface area contributed by atoms with Crippen molar-refractivity contribution in [1.29, 1.82) is 0 Å². The van der Waals surface area contributed by atoms with Crippen molar-refractivity contribution < 1.29 is 59.9 Å². The van der Waals surface area contributed by atoms with E-state index in [0.717, 1.165) is 56.1 Å². The summed E-state index contributed by atoms with van der Waals surface area (Å²) < 4.78 is 10.5. The van der Waals surface area contributed by atoms with E-state index in [1.807, 2.05) is 24.3 Å². The number of hydrogen-bond acceptors (Lipinski definition) is 12. The van der Waals surface area contributed by atoms with Crippen molar-refractivity contribution in [2.45, 2.75) is 119 Å². The molecule has 262 valence electrons. The first-order valence-electron chi connectivity index (χ1n) is 15.9. The van der Waals surface area contributed by atoms with Crippen LogP contribution in [0, 0.1) is 0 Å². The van der Waals surface area contributed by atoms with Gasteiger partial charge >= 0.3 is 0 Å². The first kappa shape index (κ1) is 39.7. The van der Waals surface area contributed by atoms with Crippen LogP contribution in [0.4, 0.5) is 0 Å². The van der Waals surface area contributed by atoms with Crippen molar-refractivity contribution in [3.05, 3.63) is 42.0 Å². The number of carbonyl (C=O) groups excluding carboxylic acids is 2. The molecule has 2 rings (SSSR count). The molecule has 0 unspecified atom stereocenters. The summed E-state index contributed by atoms with van der Waals surface area (Å²) in [7, 11) is 0. The Labute approximate surface area is 269 Å². The lowest BCUT2D eigenvalue weighted by molar-refractivity contribution is -0.326. The maximum atomic E-state index is 12.4. The van der Waals surface area contributed by atoms with Crippen LogP contribution in [0.1, 0.15) is 68.9 Å². The summed E-state index contributed by atoms with van der Waals surface area (Å²) in [6.07, 6.45) is -6.82. The van der Waals surface area contributed by atoms with Crippen LogP contribution in [0.2, 0.25) is 0 Å². The summed E-state index contributed by atoms with van der Waals surface area (Å²) >= 11 is 0. The van der Waals surface area contributed by atoms with Gasteiger partial charge in [-0.2, -0.15) is 0 Å². The van der Waals surface area contributed by atoms with Gasteiger partial charge in [0.2, 0.25) is 5.91 Å². The average molecular weight is 657 g/mol. The van der Waals surface area contributed by atoms with E-state index in [1.165, 1.54) is 0 Å². The number of aliphatic hydroxyl groups is 8. The summed E-state index contributed by atoms with van der Waals surface area (Å²) in [5, 5.41) is 85.2. The summed E-state index contributed by atoms with van der Waals surface area (Å²) in [5.41, 5.74) is 2.07. The minimum atomic E-state index is -2.08. The van der Waals surface area contributed by atoms with Crippen molar-refractivity contribution in [3.63, 3.8) is 0 Å². The van der Waals surface area contributed by atoms with E-state index < -0.39 is 74.2 Å². The molecule has 0 bridgehead atoms. The third kappa shape index (κ3) is 13.0. The zero-order chi connectivity index (χ0) is 34.1. The molecular formula is C32H52N2O12. The van der Waals surface area contributed by atoms with Crippen molar-refractivity contribution in [2.75, 3.05) is 19.8 Å². The van der Waals surface area contributed by atoms with E-state index in [1.54, 1.807) is 6.08 Å². The predicted octanol–water partition coefficient (Wildman–Crippen LogP) is -1.17. The quantitative estimate of drug-likeness (QED) is 0.0665. The molecule has 0 aromatic heterocycles. The Morgan fingerprint density at radius 1 is 0.870 bits per heavy atom. The first-order valence-corrected chi connectivity index (χ1v) is 15.9. The standard InChI is InChI=1S/C32H52N2O12/c1-2-20-12-14-21(15-13-20)17-34-24(38)11-9-7-5-3-4-6-8-10-16-33-31(44)28(42)27(41)30(22(37)18-35)46-32-29(43)26(40)25(39)23(19-36)45-32/h2,12-15,22-23,25-30,32,35-37,39-43H,1,3-11,16-19H2,(H,33,44)(H,34,38)/t22-,23-,25-,26+,27-,28-,29-,30-,32-/m1/s1. The minimum absolute atomic E-state index is 0.0360. The first-order chi connectivity index (χ1) is 22.0. The van der Waals surface area contributed by atoms with Crippen LogP contribution >= 0.6 is 0 Å². The van der Waals surface area contributed by atoms with Gasteiger partial charge in [0.15, 0.2) is 12.4 Å². The second-order valence-corrected chi connectivity index (χ2v) is 11.6. The number of nitrogens with one attached hydrogen (secondary N) is 2. The normalized spacial score (nSPS) is 24.0. The Balaban J connectivity index is 1.59. The third-order valence-electron chi connectivity index (χ3n) is 7.97. The molecule has 1 aliphatic heterocycles. The summed E-state index contributed by atoms with van der Waals surface area (Å²) in [6.45, 7) is 2.75. The topological polar surface area (TPSA) is 238 Å². The number of rotatable bonds is 22. The van der Waals surface area contributed by atoms with Crippen molar-refractivity contribution >= 4 is 17.9 Å². The number of carbonyl (C=O) groups is 2. The van der Waals surface area contributed by atoms with Crippen molar-refractivity contribution in [3.8, 4) is 0 Å². The van der Waals surface area contributed by atoms with Gasteiger partial charge in [-0.3, -0.25) is 9.59 Å². The van der Waals surface area contributed by atoms with Crippen molar-refractivity contribution in [2.24, 2.45) is 0 Å². The van der Waals surface area contributed by atoms with Gasteiger partial charge in [0, 0.05) is 19.5 Å². The molecule has 0 radical (unpaired) electrons. The molecular weight excluding hydrogens is 604 g/mol. The van der Waals surface area contributed by atoms with E-state index in [-0.39, 0.29) is 12.5 Å². The molecule has 1 fully saturated rings. The highest BCUT2D eigenvalue weighted by Crippen LogP contribution is 2.25.